The smallest absolute Gasteiger partial charge is 0.234 e. The Labute approximate surface area is 148 Å². The number of halogens is 1. The monoisotopic (exact) mass is 356 g/mol. The first kappa shape index (κ1) is 16.4. The highest BCUT2D eigenvalue weighted by molar-refractivity contribution is 7.99. The standard InChI is InChI=1S/C17H13ClN4OS/c1-22-15-5-3-2-4-13(15)21-17(22)24-10-16(23)20-14-8-12(18)7-6-11(14)9-19/h2-8H,10H2,1H3,(H,20,23). The molecule has 0 aliphatic rings. The topological polar surface area (TPSA) is 70.7 Å². The number of aromatic nitrogens is 2. The van der Waals surface area contributed by atoms with Gasteiger partial charge in [0.25, 0.3) is 0 Å². The predicted octanol–water partition coefficient (Wildman–Crippen LogP) is 3.83. The molecule has 1 amide bonds. The van der Waals surface area contributed by atoms with Crippen molar-refractivity contribution in [1.29, 1.82) is 5.26 Å². The molecule has 0 spiro atoms. The quantitative estimate of drug-likeness (QED) is 0.721. The van der Waals surface area contributed by atoms with Gasteiger partial charge in [-0.05, 0) is 30.3 Å². The molecule has 1 aromatic heterocycles. The van der Waals surface area contributed by atoms with Crippen molar-refractivity contribution in [2.45, 2.75) is 5.16 Å². The van der Waals surface area contributed by atoms with Crippen molar-refractivity contribution < 1.29 is 4.79 Å². The van der Waals surface area contributed by atoms with E-state index in [2.05, 4.69) is 10.3 Å². The van der Waals surface area contributed by atoms with Crippen LogP contribution in [0.25, 0.3) is 11.0 Å². The fourth-order valence-corrected chi connectivity index (χ4v) is 3.25. The fourth-order valence-electron chi connectivity index (χ4n) is 2.29. The summed E-state index contributed by atoms with van der Waals surface area (Å²) in [6, 6.07) is 14.6. The number of nitrogens with one attached hydrogen (secondary N) is 1. The van der Waals surface area contributed by atoms with Gasteiger partial charge >= 0.3 is 0 Å². The molecule has 0 atom stereocenters. The third kappa shape index (κ3) is 3.37. The van der Waals surface area contributed by atoms with E-state index >= 15 is 0 Å². The summed E-state index contributed by atoms with van der Waals surface area (Å²) in [6.07, 6.45) is 0. The molecule has 120 valence electrons. The van der Waals surface area contributed by atoms with Crippen LogP contribution in [0.4, 0.5) is 5.69 Å². The molecular formula is C17H13ClN4OS. The summed E-state index contributed by atoms with van der Waals surface area (Å²) in [7, 11) is 1.92. The molecule has 0 aliphatic carbocycles. The second kappa shape index (κ2) is 6.95. The Morgan fingerprint density at radius 2 is 2.17 bits per heavy atom. The van der Waals surface area contributed by atoms with Gasteiger partial charge in [0.1, 0.15) is 6.07 Å². The highest BCUT2D eigenvalue weighted by Gasteiger charge is 2.12. The zero-order valence-electron chi connectivity index (χ0n) is 12.8. The number of aryl methyl sites for hydroxylation is 1. The molecule has 7 heteroatoms. The van der Waals surface area contributed by atoms with Crippen molar-refractivity contribution in [2.75, 3.05) is 11.1 Å². The lowest BCUT2D eigenvalue weighted by atomic mass is 10.2. The number of imidazole rings is 1. The van der Waals surface area contributed by atoms with Crippen LogP contribution in [0.15, 0.2) is 47.6 Å². The summed E-state index contributed by atoms with van der Waals surface area (Å²) in [5, 5.41) is 13.0. The normalized spacial score (nSPS) is 10.5. The Bertz CT molecular complexity index is 961. The number of fused-ring (bicyclic) bond motifs is 1. The van der Waals surface area contributed by atoms with Crippen molar-refractivity contribution >= 4 is 46.0 Å². The lowest BCUT2D eigenvalue weighted by Gasteiger charge is -2.07. The van der Waals surface area contributed by atoms with E-state index in [1.54, 1.807) is 18.2 Å². The maximum atomic E-state index is 12.2. The minimum atomic E-state index is -0.217. The van der Waals surface area contributed by atoms with Crippen molar-refractivity contribution in [3.05, 3.63) is 53.1 Å². The van der Waals surface area contributed by atoms with E-state index in [1.807, 2.05) is 41.9 Å². The Kier molecular flexibility index (Phi) is 4.74. The summed E-state index contributed by atoms with van der Waals surface area (Å²) in [5.41, 5.74) is 2.70. The SMILES string of the molecule is Cn1c(SCC(=O)Nc2cc(Cl)ccc2C#N)nc2ccccc21. The Hall–Kier alpha value is -2.49. The minimum Gasteiger partial charge on any atom is -0.324 e. The van der Waals surface area contributed by atoms with E-state index in [9.17, 15) is 4.79 Å². The lowest BCUT2D eigenvalue weighted by Crippen LogP contribution is -2.15. The average molecular weight is 357 g/mol. The number of carbonyl (C=O) groups is 1. The largest absolute Gasteiger partial charge is 0.324 e. The summed E-state index contributed by atoms with van der Waals surface area (Å²) in [6.45, 7) is 0. The maximum Gasteiger partial charge on any atom is 0.234 e. The molecule has 0 saturated carbocycles. The van der Waals surface area contributed by atoms with Gasteiger partial charge in [0.05, 0.1) is 28.0 Å². The van der Waals surface area contributed by atoms with E-state index in [4.69, 9.17) is 16.9 Å². The van der Waals surface area contributed by atoms with Crippen molar-refractivity contribution in [2.24, 2.45) is 7.05 Å². The molecule has 24 heavy (non-hydrogen) atoms. The average Bonchev–Trinajstić information content (AvgIpc) is 2.90. The Morgan fingerprint density at radius 1 is 1.38 bits per heavy atom. The molecule has 0 saturated heterocycles. The van der Waals surface area contributed by atoms with Gasteiger partial charge in [-0.3, -0.25) is 4.79 Å². The molecule has 0 radical (unpaired) electrons. The first-order valence-corrected chi connectivity index (χ1v) is 8.48. The number of nitrogens with zero attached hydrogens (tertiary/aromatic N) is 3. The molecule has 1 heterocycles. The summed E-state index contributed by atoms with van der Waals surface area (Å²) in [5.74, 6) is -0.0278. The highest BCUT2D eigenvalue weighted by atomic mass is 35.5. The van der Waals surface area contributed by atoms with E-state index in [0.717, 1.165) is 16.2 Å². The third-order valence-electron chi connectivity index (χ3n) is 3.45. The van der Waals surface area contributed by atoms with E-state index in [-0.39, 0.29) is 11.7 Å². The van der Waals surface area contributed by atoms with Crippen LogP contribution in [0.5, 0.6) is 0 Å². The van der Waals surface area contributed by atoms with E-state index in [1.165, 1.54) is 11.8 Å². The summed E-state index contributed by atoms with van der Waals surface area (Å²) < 4.78 is 1.95. The lowest BCUT2D eigenvalue weighted by molar-refractivity contribution is -0.113. The van der Waals surface area contributed by atoms with Crippen molar-refractivity contribution in [1.82, 2.24) is 9.55 Å². The third-order valence-corrected chi connectivity index (χ3v) is 4.72. The molecule has 2 aromatic carbocycles. The van der Waals surface area contributed by atoms with Crippen LogP contribution >= 0.6 is 23.4 Å². The molecule has 0 fully saturated rings. The van der Waals surface area contributed by atoms with Gasteiger partial charge in [0, 0.05) is 12.1 Å². The number of para-hydroxylation sites is 2. The van der Waals surface area contributed by atoms with E-state index in [0.29, 0.717) is 16.3 Å². The molecule has 0 bridgehead atoms. The van der Waals surface area contributed by atoms with Gasteiger partial charge < -0.3 is 9.88 Å². The molecule has 5 nitrogen and oxygen atoms in total. The number of anilines is 1. The number of carbonyl (C=O) groups excluding carboxylic acids is 1. The van der Waals surface area contributed by atoms with Crippen LogP contribution < -0.4 is 5.32 Å². The van der Waals surface area contributed by atoms with Gasteiger partial charge in [-0.1, -0.05) is 35.5 Å². The summed E-state index contributed by atoms with van der Waals surface area (Å²) >= 11 is 7.26. The van der Waals surface area contributed by atoms with Gasteiger partial charge in [0.15, 0.2) is 5.16 Å². The first-order valence-electron chi connectivity index (χ1n) is 7.12. The van der Waals surface area contributed by atoms with E-state index < -0.39 is 0 Å². The Balaban J connectivity index is 1.70. The molecule has 3 rings (SSSR count). The highest BCUT2D eigenvalue weighted by Crippen LogP contribution is 2.24. The van der Waals surface area contributed by atoms with Gasteiger partial charge in [-0.25, -0.2) is 4.98 Å². The molecule has 1 N–H and O–H groups in total. The van der Waals surface area contributed by atoms with Crippen LogP contribution in [0.1, 0.15) is 5.56 Å². The number of thioether (sulfide) groups is 1. The zero-order chi connectivity index (χ0) is 17.1. The van der Waals surface area contributed by atoms with Crippen LogP contribution in [-0.4, -0.2) is 21.2 Å². The number of benzene rings is 2. The van der Waals surface area contributed by atoms with Crippen LogP contribution in [-0.2, 0) is 11.8 Å². The molecule has 3 aromatic rings. The number of nitriles is 1. The number of rotatable bonds is 4. The van der Waals surface area contributed by atoms with Crippen LogP contribution in [0.3, 0.4) is 0 Å². The first-order chi connectivity index (χ1) is 11.6. The molecule has 0 aliphatic heterocycles. The van der Waals surface area contributed by atoms with Gasteiger partial charge in [-0.15, -0.1) is 0 Å². The fraction of sp³-hybridized carbons (Fsp3) is 0.118. The number of hydrogen-bond donors (Lipinski definition) is 1. The van der Waals surface area contributed by atoms with Gasteiger partial charge in [0.2, 0.25) is 5.91 Å². The van der Waals surface area contributed by atoms with Crippen LogP contribution in [0, 0.1) is 11.3 Å². The molecule has 0 unspecified atom stereocenters. The minimum absolute atomic E-state index is 0.189. The second-order valence-electron chi connectivity index (χ2n) is 5.08. The maximum absolute atomic E-state index is 12.2. The predicted molar refractivity (Wildman–Crippen MR) is 96.2 cm³/mol. The Morgan fingerprint density at radius 3 is 2.92 bits per heavy atom. The van der Waals surface area contributed by atoms with Crippen LogP contribution in [0.2, 0.25) is 5.02 Å². The van der Waals surface area contributed by atoms with Gasteiger partial charge in [-0.2, -0.15) is 5.26 Å². The second-order valence-corrected chi connectivity index (χ2v) is 6.46. The zero-order valence-corrected chi connectivity index (χ0v) is 14.4. The summed E-state index contributed by atoms with van der Waals surface area (Å²) in [4.78, 5) is 16.7. The van der Waals surface area contributed by atoms with Crippen molar-refractivity contribution in [3.8, 4) is 6.07 Å². The molecular weight excluding hydrogens is 344 g/mol. The number of hydrogen-bond acceptors (Lipinski definition) is 4. The van der Waals surface area contributed by atoms with Crippen molar-refractivity contribution in [3.63, 3.8) is 0 Å². The number of amides is 1.